The fourth-order valence-corrected chi connectivity index (χ4v) is 6.75. The van der Waals surface area contributed by atoms with Gasteiger partial charge in [-0.25, -0.2) is 9.98 Å². The van der Waals surface area contributed by atoms with Gasteiger partial charge in [-0.15, -0.1) is 0 Å². The van der Waals surface area contributed by atoms with Gasteiger partial charge in [-0.3, -0.25) is 0 Å². The summed E-state index contributed by atoms with van der Waals surface area (Å²) in [6, 6.07) is 43.7. The molecular formula is C38H29BN6O. The van der Waals surface area contributed by atoms with E-state index < -0.39 is 7.05 Å². The molecule has 9 rings (SSSR count). The molecule has 4 heterocycles. The van der Waals surface area contributed by atoms with E-state index in [4.69, 9.17) is 14.6 Å². The van der Waals surface area contributed by atoms with Crippen LogP contribution >= 0.6 is 0 Å². The summed E-state index contributed by atoms with van der Waals surface area (Å²) in [5, 5.41) is 9.95. The molecule has 8 heteroatoms. The first-order valence-corrected chi connectivity index (χ1v) is 15.5. The van der Waals surface area contributed by atoms with Gasteiger partial charge in [-0.2, -0.15) is 0 Å². The molecule has 220 valence electrons. The van der Waals surface area contributed by atoms with E-state index >= 15 is 0 Å². The molecule has 0 fully saturated rings. The largest absolute Gasteiger partial charge is 0.541 e. The molecule has 0 atom stereocenters. The fourth-order valence-electron chi connectivity index (χ4n) is 6.75. The number of nitrogens with one attached hydrogen (secondary N) is 2. The zero-order valence-corrected chi connectivity index (χ0v) is 25.4. The minimum absolute atomic E-state index is 0.441. The van der Waals surface area contributed by atoms with Crippen molar-refractivity contribution in [1.29, 1.82) is 0 Å². The van der Waals surface area contributed by atoms with Crippen LogP contribution in [0, 0.1) is 0 Å². The van der Waals surface area contributed by atoms with Crippen LogP contribution < -0.4 is 20.9 Å². The number of fused-ring (bicyclic) bond motifs is 15. The summed E-state index contributed by atoms with van der Waals surface area (Å²) in [7, 11) is 1.62. The summed E-state index contributed by atoms with van der Waals surface area (Å²) in [4.78, 5) is 14.4. The number of benzene rings is 5. The van der Waals surface area contributed by atoms with Gasteiger partial charge in [0.2, 0.25) is 0 Å². The van der Waals surface area contributed by atoms with Gasteiger partial charge in [0, 0.05) is 39.4 Å². The van der Waals surface area contributed by atoms with Crippen molar-refractivity contribution in [3.8, 4) is 16.9 Å². The number of rotatable bonds is 4. The molecule has 0 unspecified atom stereocenters. The number of aromatic amines is 1. The standard InChI is InChI=1S/C38H29BN6O/c1-39(46-26-16-12-15-25(23-26)24-13-4-3-5-14-24)45-37-31-21-10-11-22-32(31)38(45)43-36-30-20-9-8-19-29(30)35(44(36)2)41-33-27-17-6-7-18-28(27)34(40-33)42-37/h3-23,40-41H,1-2H3. The van der Waals surface area contributed by atoms with Gasteiger partial charge in [0.05, 0.1) is 0 Å². The predicted molar refractivity (Wildman–Crippen MR) is 188 cm³/mol. The van der Waals surface area contributed by atoms with E-state index in [2.05, 4.69) is 142 Å². The van der Waals surface area contributed by atoms with Crippen molar-refractivity contribution in [1.82, 2.24) is 14.0 Å². The van der Waals surface area contributed by atoms with Crippen LogP contribution in [0.4, 0.5) is 23.3 Å². The Labute approximate surface area is 265 Å². The lowest BCUT2D eigenvalue weighted by Gasteiger charge is -2.15. The lowest BCUT2D eigenvalue weighted by atomic mass is 9.86. The Hall–Kier alpha value is -6.02. The van der Waals surface area contributed by atoms with Gasteiger partial charge >= 0.3 is 7.05 Å². The molecule has 6 bridgehead atoms. The van der Waals surface area contributed by atoms with Crippen molar-refractivity contribution >= 4 is 62.6 Å². The molecule has 46 heavy (non-hydrogen) atoms. The molecular weight excluding hydrogens is 567 g/mol. The van der Waals surface area contributed by atoms with Crippen LogP contribution in [-0.4, -0.2) is 21.1 Å². The lowest BCUT2D eigenvalue weighted by molar-refractivity contribution is 0.555. The van der Waals surface area contributed by atoms with Crippen molar-refractivity contribution in [3.05, 3.63) is 138 Å². The highest BCUT2D eigenvalue weighted by Crippen LogP contribution is 2.40. The Morgan fingerprint density at radius 1 is 0.609 bits per heavy atom. The quantitative estimate of drug-likeness (QED) is 0.201. The van der Waals surface area contributed by atoms with Crippen LogP contribution in [0.2, 0.25) is 6.82 Å². The van der Waals surface area contributed by atoms with Crippen LogP contribution in [0.3, 0.4) is 0 Å². The Morgan fingerprint density at radius 2 is 1.22 bits per heavy atom. The normalized spacial score (nSPS) is 12.2. The van der Waals surface area contributed by atoms with Crippen LogP contribution in [0.15, 0.2) is 137 Å². The summed E-state index contributed by atoms with van der Waals surface area (Å²) < 4.78 is 11.0. The molecule has 3 aromatic heterocycles. The Kier molecular flexibility index (Phi) is 5.90. The second-order valence-corrected chi connectivity index (χ2v) is 11.7. The number of aromatic nitrogens is 3. The summed E-state index contributed by atoms with van der Waals surface area (Å²) in [5.41, 5.74) is 3.80. The minimum Gasteiger partial charge on any atom is -0.541 e. The molecule has 5 aromatic carbocycles. The molecule has 1 aliphatic rings. The Balaban J connectivity index is 1.36. The first-order valence-electron chi connectivity index (χ1n) is 15.5. The first-order chi connectivity index (χ1) is 22.6. The van der Waals surface area contributed by atoms with E-state index in [0.717, 1.165) is 83.4 Å². The van der Waals surface area contributed by atoms with Crippen molar-refractivity contribution in [3.63, 3.8) is 0 Å². The zero-order chi connectivity index (χ0) is 30.8. The summed E-state index contributed by atoms with van der Waals surface area (Å²) >= 11 is 0. The van der Waals surface area contributed by atoms with Gasteiger partial charge in [-0.1, -0.05) is 115 Å². The van der Waals surface area contributed by atoms with Crippen molar-refractivity contribution in [2.24, 2.45) is 17.0 Å². The second-order valence-electron chi connectivity index (χ2n) is 11.7. The number of hydrogen-bond donors (Lipinski definition) is 2. The molecule has 8 aromatic rings. The van der Waals surface area contributed by atoms with E-state index in [1.807, 2.05) is 18.2 Å². The van der Waals surface area contributed by atoms with E-state index in [0.29, 0.717) is 0 Å². The Morgan fingerprint density at radius 3 is 1.98 bits per heavy atom. The first kappa shape index (κ1) is 26.4. The van der Waals surface area contributed by atoms with Crippen LogP contribution in [-0.2, 0) is 7.05 Å². The van der Waals surface area contributed by atoms with Crippen LogP contribution in [0.25, 0.3) is 43.4 Å². The maximum Gasteiger partial charge on any atom is 0.486 e. The second kappa shape index (κ2) is 10.3. The molecule has 1 aliphatic heterocycles. The summed E-state index contributed by atoms with van der Waals surface area (Å²) in [6.45, 7) is 2.06. The number of nitrogens with zero attached hydrogens (tertiary/aromatic N) is 4. The van der Waals surface area contributed by atoms with Crippen LogP contribution in [0.5, 0.6) is 5.75 Å². The monoisotopic (exact) mass is 596 g/mol. The molecule has 0 spiro atoms. The molecule has 0 saturated heterocycles. The third-order valence-electron chi connectivity index (χ3n) is 8.92. The predicted octanol–water partition coefficient (Wildman–Crippen LogP) is 8.29. The lowest BCUT2D eigenvalue weighted by Crippen LogP contribution is -2.43. The van der Waals surface area contributed by atoms with Gasteiger partial charge in [-0.05, 0) is 30.1 Å². The SMILES string of the molecule is CB(Oc1cccc(-c2ccccc2)c1)n1c2c3ccccc3c1=Nc1c3ccccc3c(n1C)Nc1[nH]c(c3ccccc13)N=2. The molecule has 7 nitrogen and oxygen atoms in total. The molecule has 0 saturated carbocycles. The van der Waals surface area contributed by atoms with E-state index in [1.165, 1.54) is 0 Å². The van der Waals surface area contributed by atoms with E-state index in [1.54, 1.807) is 0 Å². The average Bonchev–Trinajstić information content (AvgIpc) is 3.70. The van der Waals surface area contributed by atoms with Crippen molar-refractivity contribution in [2.45, 2.75) is 6.82 Å². The number of H-pyrrole nitrogens is 1. The molecule has 0 amide bonds. The highest BCUT2D eigenvalue weighted by molar-refractivity contribution is 6.49. The maximum atomic E-state index is 6.77. The minimum atomic E-state index is -0.441. The van der Waals surface area contributed by atoms with Crippen molar-refractivity contribution < 1.29 is 4.65 Å². The molecule has 2 N–H and O–H groups in total. The average molecular weight is 597 g/mol. The highest BCUT2D eigenvalue weighted by Gasteiger charge is 2.25. The Bertz CT molecular complexity index is 2580. The third-order valence-corrected chi connectivity index (χ3v) is 8.92. The number of anilines is 2. The summed E-state index contributed by atoms with van der Waals surface area (Å²) in [5.74, 6) is 4.24. The smallest absolute Gasteiger partial charge is 0.486 e. The number of hydrogen-bond acceptors (Lipinski definition) is 4. The third kappa shape index (κ3) is 4.07. The maximum absolute atomic E-state index is 6.77. The van der Waals surface area contributed by atoms with Gasteiger partial charge in [0.1, 0.15) is 40.0 Å². The fraction of sp³-hybridized carbons (Fsp3) is 0.0526. The van der Waals surface area contributed by atoms with Gasteiger partial charge in [0.25, 0.3) is 0 Å². The van der Waals surface area contributed by atoms with E-state index in [9.17, 15) is 0 Å². The molecule has 0 radical (unpaired) electrons. The van der Waals surface area contributed by atoms with Gasteiger partial charge in [0.15, 0.2) is 0 Å². The highest BCUT2D eigenvalue weighted by atomic mass is 16.4. The topological polar surface area (TPSA) is 71.6 Å². The van der Waals surface area contributed by atoms with Crippen LogP contribution in [0.1, 0.15) is 0 Å². The van der Waals surface area contributed by atoms with Gasteiger partial charge < -0.3 is 24.0 Å². The van der Waals surface area contributed by atoms with Crippen molar-refractivity contribution in [2.75, 3.05) is 5.32 Å². The summed E-state index contributed by atoms with van der Waals surface area (Å²) in [6.07, 6.45) is 0. The van der Waals surface area contributed by atoms with E-state index in [-0.39, 0.29) is 0 Å². The molecule has 0 aliphatic carbocycles. The zero-order valence-electron chi connectivity index (χ0n) is 25.4.